The zero-order valence-electron chi connectivity index (χ0n) is 13.2. The van der Waals surface area contributed by atoms with Gasteiger partial charge >= 0.3 is 5.97 Å². The zero-order chi connectivity index (χ0) is 15.9. The number of rotatable bonds is 4. The number of carboxylic acid groups (broad SMARTS) is 1. The van der Waals surface area contributed by atoms with E-state index >= 15 is 0 Å². The highest BCUT2D eigenvalue weighted by Crippen LogP contribution is 2.48. The maximum absolute atomic E-state index is 11.1. The molecule has 1 aromatic carbocycles. The van der Waals surface area contributed by atoms with Crippen LogP contribution in [0.3, 0.4) is 0 Å². The van der Waals surface area contributed by atoms with Gasteiger partial charge in [-0.25, -0.2) is 9.78 Å². The van der Waals surface area contributed by atoms with Crippen molar-refractivity contribution in [1.82, 2.24) is 14.5 Å². The highest BCUT2D eigenvalue weighted by atomic mass is 16.4. The van der Waals surface area contributed by atoms with Gasteiger partial charge < -0.3 is 9.67 Å². The summed E-state index contributed by atoms with van der Waals surface area (Å²) >= 11 is 0. The van der Waals surface area contributed by atoms with Gasteiger partial charge in [0.05, 0.1) is 11.6 Å². The summed E-state index contributed by atoms with van der Waals surface area (Å²) < 4.78 is 2.06. The highest BCUT2D eigenvalue weighted by molar-refractivity contribution is 5.87. The summed E-state index contributed by atoms with van der Waals surface area (Å²) in [4.78, 5) is 17.9. The molecule has 0 spiro atoms. The van der Waals surface area contributed by atoms with Gasteiger partial charge in [-0.2, -0.15) is 0 Å². The number of nitrogens with zero attached hydrogens (tertiary/aromatic N) is 3. The predicted octanol–water partition coefficient (Wildman–Crippen LogP) is 2.70. The summed E-state index contributed by atoms with van der Waals surface area (Å²) in [5.74, 6) is 0.178. The minimum Gasteiger partial charge on any atom is -0.478 e. The molecule has 5 heteroatoms. The average molecular weight is 299 g/mol. The molecule has 2 heterocycles. The van der Waals surface area contributed by atoms with Crippen LogP contribution < -0.4 is 0 Å². The van der Waals surface area contributed by atoms with Crippen LogP contribution in [0.4, 0.5) is 0 Å². The summed E-state index contributed by atoms with van der Waals surface area (Å²) in [6.45, 7) is 6.21. The third kappa shape index (κ3) is 2.52. The smallest absolute Gasteiger partial charge is 0.335 e. The molecule has 1 saturated heterocycles. The topological polar surface area (TPSA) is 58.4 Å². The molecule has 0 amide bonds. The molecule has 5 nitrogen and oxygen atoms in total. The average Bonchev–Trinajstić information content (AvgIpc) is 2.84. The van der Waals surface area contributed by atoms with Crippen LogP contribution >= 0.6 is 0 Å². The van der Waals surface area contributed by atoms with E-state index in [9.17, 15) is 4.79 Å². The molecule has 0 saturated carbocycles. The van der Waals surface area contributed by atoms with Crippen LogP contribution in [0.25, 0.3) is 0 Å². The van der Waals surface area contributed by atoms with Crippen molar-refractivity contribution >= 4 is 5.97 Å². The van der Waals surface area contributed by atoms with Crippen LogP contribution in [0.5, 0.6) is 0 Å². The van der Waals surface area contributed by atoms with Gasteiger partial charge in [-0.3, -0.25) is 4.90 Å². The number of aromatic nitrogens is 2. The first-order valence-electron chi connectivity index (χ1n) is 7.42. The fourth-order valence-corrected chi connectivity index (χ4v) is 3.42. The van der Waals surface area contributed by atoms with Gasteiger partial charge in [0.25, 0.3) is 0 Å². The molecule has 116 valence electrons. The maximum Gasteiger partial charge on any atom is 0.335 e. The Labute approximate surface area is 130 Å². The molecule has 1 N–H and O–H groups in total. The summed E-state index contributed by atoms with van der Waals surface area (Å²) in [5.41, 5.74) is 1.53. The van der Waals surface area contributed by atoms with Crippen molar-refractivity contribution in [3.8, 4) is 0 Å². The fourth-order valence-electron chi connectivity index (χ4n) is 3.42. The first-order chi connectivity index (χ1) is 10.4. The van der Waals surface area contributed by atoms with E-state index < -0.39 is 5.97 Å². The first-order valence-corrected chi connectivity index (χ1v) is 7.42. The normalized spacial score (nSPS) is 20.6. The van der Waals surface area contributed by atoms with Gasteiger partial charge in [0.2, 0.25) is 0 Å². The van der Waals surface area contributed by atoms with Crippen LogP contribution in [0.2, 0.25) is 0 Å². The van der Waals surface area contributed by atoms with Gasteiger partial charge in [-0.05, 0) is 17.7 Å². The Kier molecular flexibility index (Phi) is 3.53. The Bertz CT molecular complexity index is 705. The lowest BCUT2D eigenvalue weighted by Gasteiger charge is -2.53. The standard InChI is InChI=1S/C17H21N3O2/c1-17(2)11-20(14(17)15-18-7-8-19(15)3)10-12-5-4-6-13(9-12)16(21)22/h4-9,14H,10-11H2,1-3H3,(H,21,22). The number of benzene rings is 1. The molecule has 0 radical (unpaired) electrons. The molecule has 22 heavy (non-hydrogen) atoms. The van der Waals surface area contributed by atoms with Crippen LogP contribution in [0.15, 0.2) is 36.7 Å². The molecular weight excluding hydrogens is 278 g/mol. The second-order valence-electron chi connectivity index (χ2n) is 6.70. The SMILES string of the molecule is Cn1ccnc1C1N(Cc2cccc(C(=O)O)c2)CC1(C)C. The van der Waals surface area contributed by atoms with Crippen molar-refractivity contribution in [3.63, 3.8) is 0 Å². The van der Waals surface area contributed by atoms with Crippen LogP contribution in [0, 0.1) is 5.41 Å². The number of hydrogen-bond acceptors (Lipinski definition) is 3. The highest BCUT2D eigenvalue weighted by Gasteiger charge is 2.48. The lowest BCUT2D eigenvalue weighted by Crippen LogP contribution is -2.55. The van der Waals surface area contributed by atoms with Gasteiger partial charge in [0.15, 0.2) is 0 Å². The van der Waals surface area contributed by atoms with E-state index in [0.29, 0.717) is 5.56 Å². The van der Waals surface area contributed by atoms with Crippen molar-refractivity contribution in [1.29, 1.82) is 0 Å². The van der Waals surface area contributed by atoms with Crippen LogP contribution in [-0.4, -0.2) is 32.1 Å². The molecule has 3 rings (SSSR count). The van der Waals surface area contributed by atoms with E-state index in [1.165, 1.54) is 0 Å². The number of hydrogen-bond donors (Lipinski definition) is 1. The van der Waals surface area contributed by atoms with Gasteiger partial charge in [0, 0.05) is 37.9 Å². The molecule has 0 aliphatic carbocycles. The van der Waals surface area contributed by atoms with E-state index in [1.54, 1.807) is 18.2 Å². The van der Waals surface area contributed by atoms with Crippen LogP contribution in [0.1, 0.15) is 41.6 Å². The van der Waals surface area contributed by atoms with Crippen LogP contribution in [-0.2, 0) is 13.6 Å². The van der Waals surface area contributed by atoms with Gasteiger partial charge in [-0.15, -0.1) is 0 Å². The molecule has 2 aromatic rings. The number of aromatic carboxylic acids is 1. The van der Waals surface area contributed by atoms with Crippen molar-refractivity contribution in [3.05, 3.63) is 53.6 Å². The minimum atomic E-state index is -0.883. The van der Waals surface area contributed by atoms with Crippen molar-refractivity contribution in [2.24, 2.45) is 12.5 Å². The maximum atomic E-state index is 11.1. The molecule has 1 fully saturated rings. The first kappa shape index (κ1) is 14.8. The largest absolute Gasteiger partial charge is 0.478 e. The van der Waals surface area contributed by atoms with Gasteiger partial charge in [-0.1, -0.05) is 26.0 Å². The molecule has 1 aromatic heterocycles. The van der Waals surface area contributed by atoms with E-state index in [-0.39, 0.29) is 11.5 Å². The number of carboxylic acids is 1. The van der Waals surface area contributed by atoms with Crippen molar-refractivity contribution < 1.29 is 9.90 Å². The lowest BCUT2D eigenvalue weighted by atomic mass is 9.74. The zero-order valence-corrected chi connectivity index (χ0v) is 13.2. The number of imidazole rings is 1. The number of aryl methyl sites for hydroxylation is 1. The van der Waals surface area contributed by atoms with E-state index in [2.05, 4.69) is 28.3 Å². The molecule has 1 atom stereocenters. The lowest BCUT2D eigenvalue weighted by molar-refractivity contribution is -0.0649. The Morgan fingerprint density at radius 2 is 2.23 bits per heavy atom. The number of likely N-dealkylation sites (tertiary alicyclic amines) is 1. The summed E-state index contributed by atoms with van der Waals surface area (Å²) in [7, 11) is 2.01. The summed E-state index contributed by atoms with van der Waals surface area (Å²) in [6, 6.07) is 7.42. The summed E-state index contributed by atoms with van der Waals surface area (Å²) in [6.07, 6.45) is 3.79. The Morgan fingerprint density at radius 1 is 1.45 bits per heavy atom. The molecule has 1 aliphatic rings. The Balaban J connectivity index is 1.82. The summed E-state index contributed by atoms with van der Waals surface area (Å²) in [5, 5.41) is 9.11. The third-order valence-corrected chi connectivity index (χ3v) is 4.38. The Hall–Kier alpha value is -2.14. The monoisotopic (exact) mass is 299 g/mol. The van der Waals surface area contributed by atoms with E-state index in [0.717, 1.165) is 24.5 Å². The fraction of sp³-hybridized carbons (Fsp3) is 0.412. The molecule has 1 unspecified atom stereocenters. The van der Waals surface area contributed by atoms with E-state index in [4.69, 9.17) is 5.11 Å². The van der Waals surface area contributed by atoms with E-state index in [1.807, 2.05) is 25.5 Å². The van der Waals surface area contributed by atoms with Crippen molar-refractivity contribution in [2.75, 3.05) is 6.54 Å². The second-order valence-corrected chi connectivity index (χ2v) is 6.70. The van der Waals surface area contributed by atoms with Crippen molar-refractivity contribution in [2.45, 2.75) is 26.4 Å². The number of carbonyl (C=O) groups is 1. The predicted molar refractivity (Wildman–Crippen MR) is 83.5 cm³/mol. The van der Waals surface area contributed by atoms with Gasteiger partial charge in [0.1, 0.15) is 5.82 Å². The minimum absolute atomic E-state index is 0.170. The third-order valence-electron chi connectivity index (χ3n) is 4.38. The molecule has 1 aliphatic heterocycles. The second kappa shape index (κ2) is 5.25. The quantitative estimate of drug-likeness (QED) is 0.943. The molecule has 0 bridgehead atoms. The Morgan fingerprint density at radius 3 is 2.82 bits per heavy atom. The molecular formula is C17H21N3O2.